The largest absolute Gasteiger partial charge is 0.494 e. The van der Waals surface area contributed by atoms with Crippen LogP contribution in [0.1, 0.15) is 38.7 Å². The van der Waals surface area contributed by atoms with Gasteiger partial charge in [0, 0.05) is 17.9 Å². The zero-order valence-electron chi connectivity index (χ0n) is 18.6. The number of nitriles is 1. The first-order valence-corrected chi connectivity index (χ1v) is 11.5. The van der Waals surface area contributed by atoms with Gasteiger partial charge in [0.1, 0.15) is 12.1 Å². The van der Waals surface area contributed by atoms with Crippen LogP contribution in [-0.4, -0.2) is 39.6 Å². The highest BCUT2D eigenvalue weighted by Crippen LogP contribution is 2.24. The SMILES string of the molecule is CCOc1ccc(N(CCC#N)C(=O)CSc2nncn2-c2ccc(C(C)C)cc2)cc1. The molecule has 1 heterocycles. The van der Waals surface area contributed by atoms with Gasteiger partial charge in [-0.25, -0.2) is 0 Å². The predicted octanol–water partition coefficient (Wildman–Crippen LogP) is 4.83. The molecule has 0 atom stereocenters. The minimum absolute atomic E-state index is 0.0980. The molecule has 0 aliphatic heterocycles. The number of hydrogen-bond acceptors (Lipinski definition) is 6. The summed E-state index contributed by atoms with van der Waals surface area (Å²) in [5, 5.41) is 17.9. The summed E-state index contributed by atoms with van der Waals surface area (Å²) in [5.74, 6) is 1.29. The summed E-state index contributed by atoms with van der Waals surface area (Å²) in [7, 11) is 0. The molecule has 0 bridgehead atoms. The minimum Gasteiger partial charge on any atom is -0.494 e. The zero-order chi connectivity index (χ0) is 22.9. The van der Waals surface area contributed by atoms with E-state index in [4.69, 9.17) is 10.00 Å². The van der Waals surface area contributed by atoms with Crippen molar-refractivity contribution in [3.05, 3.63) is 60.4 Å². The van der Waals surface area contributed by atoms with E-state index in [0.29, 0.717) is 24.2 Å². The Morgan fingerprint density at radius 3 is 2.53 bits per heavy atom. The fraction of sp³-hybridized carbons (Fsp3) is 0.333. The van der Waals surface area contributed by atoms with Crippen LogP contribution >= 0.6 is 11.8 Å². The Morgan fingerprint density at radius 1 is 1.19 bits per heavy atom. The van der Waals surface area contributed by atoms with E-state index in [2.05, 4.69) is 42.2 Å². The highest BCUT2D eigenvalue weighted by Gasteiger charge is 2.18. The second-order valence-corrected chi connectivity index (χ2v) is 8.34. The predicted molar refractivity (Wildman–Crippen MR) is 126 cm³/mol. The fourth-order valence-corrected chi connectivity index (χ4v) is 3.98. The maximum absolute atomic E-state index is 13.0. The van der Waals surface area contributed by atoms with Crippen molar-refractivity contribution in [1.82, 2.24) is 14.8 Å². The number of aromatic nitrogens is 3. The molecule has 1 aromatic heterocycles. The van der Waals surface area contributed by atoms with E-state index in [1.807, 2.05) is 47.9 Å². The van der Waals surface area contributed by atoms with Crippen molar-refractivity contribution < 1.29 is 9.53 Å². The second kappa shape index (κ2) is 11.3. The summed E-state index contributed by atoms with van der Waals surface area (Å²) < 4.78 is 7.35. The average molecular weight is 450 g/mol. The number of carbonyl (C=O) groups excluding carboxylic acids is 1. The molecule has 0 unspecified atom stereocenters. The Kier molecular flexibility index (Phi) is 8.28. The molecule has 0 radical (unpaired) electrons. The van der Waals surface area contributed by atoms with Crippen LogP contribution in [0.4, 0.5) is 5.69 Å². The van der Waals surface area contributed by atoms with Crippen LogP contribution in [-0.2, 0) is 4.79 Å². The Hall–Kier alpha value is -3.31. The Bertz CT molecular complexity index is 1060. The average Bonchev–Trinajstić information content (AvgIpc) is 3.28. The molecule has 0 N–H and O–H groups in total. The Morgan fingerprint density at radius 2 is 1.91 bits per heavy atom. The lowest BCUT2D eigenvalue weighted by molar-refractivity contribution is -0.116. The number of benzene rings is 2. The molecular weight excluding hydrogens is 422 g/mol. The first kappa shape index (κ1) is 23.4. The molecule has 0 saturated carbocycles. The molecule has 32 heavy (non-hydrogen) atoms. The van der Waals surface area contributed by atoms with Crippen LogP contribution in [0, 0.1) is 11.3 Å². The van der Waals surface area contributed by atoms with Crippen LogP contribution in [0.15, 0.2) is 60.0 Å². The summed E-state index contributed by atoms with van der Waals surface area (Å²) in [6, 6.07) is 17.7. The molecule has 0 saturated heterocycles. The minimum atomic E-state index is -0.0980. The van der Waals surface area contributed by atoms with Gasteiger partial charge in [-0.3, -0.25) is 9.36 Å². The third-order valence-electron chi connectivity index (χ3n) is 4.89. The molecule has 0 aliphatic carbocycles. The van der Waals surface area contributed by atoms with Crippen molar-refractivity contribution >= 4 is 23.4 Å². The summed E-state index contributed by atoms with van der Waals surface area (Å²) in [4.78, 5) is 14.7. The normalized spacial score (nSPS) is 10.7. The molecule has 166 valence electrons. The molecule has 3 rings (SSSR count). The van der Waals surface area contributed by atoms with Gasteiger partial charge in [-0.1, -0.05) is 37.7 Å². The van der Waals surface area contributed by atoms with Gasteiger partial charge in [0.05, 0.1) is 24.8 Å². The number of thioether (sulfide) groups is 1. The van der Waals surface area contributed by atoms with E-state index in [1.54, 1.807) is 11.2 Å². The number of hydrogen-bond donors (Lipinski definition) is 0. The molecule has 0 fully saturated rings. The molecule has 0 aliphatic rings. The van der Waals surface area contributed by atoms with Crippen molar-refractivity contribution in [2.75, 3.05) is 23.8 Å². The third-order valence-corrected chi connectivity index (χ3v) is 5.81. The van der Waals surface area contributed by atoms with E-state index < -0.39 is 0 Å². The van der Waals surface area contributed by atoms with E-state index in [9.17, 15) is 4.79 Å². The Labute approximate surface area is 193 Å². The lowest BCUT2D eigenvalue weighted by atomic mass is 10.0. The van der Waals surface area contributed by atoms with Crippen LogP contribution < -0.4 is 9.64 Å². The fourth-order valence-electron chi connectivity index (χ4n) is 3.17. The third kappa shape index (κ3) is 5.89. The number of carbonyl (C=O) groups is 1. The van der Waals surface area contributed by atoms with Crippen molar-refractivity contribution in [1.29, 1.82) is 5.26 Å². The van der Waals surface area contributed by atoms with Gasteiger partial charge < -0.3 is 9.64 Å². The summed E-state index contributed by atoms with van der Waals surface area (Å²) in [6.07, 6.45) is 1.90. The second-order valence-electron chi connectivity index (χ2n) is 7.40. The highest BCUT2D eigenvalue weighted by atomic mass is 32.2. The maximum atomic E-state index is 13.0. The van der Waals surface area contributed by atoms with Gasteiger partial charge in [-0.2, -0.15) is 5.26 Å². The van der Waals surface area contributed by atoms with E-state index in [1.165, 1.54) is 17.3 Å². The van der Waals surface area contributed by atoms with Gasteiger partial charge >= 0.3 is 0 Å². The smallest absolute Gasteiger partial charge is 0.237 e. The van der Waals surface area contributed by atoms with E-state index in [-0.39, 0.29) is 18.1 Å². The van der Waals surface area contributed by atoms with Crippen LogP contribution in [0.25, 0.3) is 5.69 Å². The quantitative estimate of drug-likeness (QED) is 0.412. The number of ether oxygens (including phenoxy) is 1. The first-order valence-electron chi connectivity index (χ1n) is 10.6. The lowest BCUT2D eigenvalue weighted by Crippen LogP contribution is -2.33. The van der Waals surface area contributed by atoms with Gasteiger partial charge in [-0.15, -0.1) is 10.2 Å². The molecule has 0 spiro atoms. The number of rotatable bonds is 10. The lowest BCUT2D eigenvalue weighted by Gasteiger charge is -2.22. The molecule has 1 amide bonds. The standard InChI is InChI=1S/C24H27N5O2S/c1-4-31-22-12-10-20(11-13-22)28(15-5-14-25)23(30)16-32-24-27-26-17-29(24)21-8-6-19(7-9-21)18(2)3/h6-13,17-18H,4-5,15-16H2,1-3H3. The van der Waals surface area contributed by atoms with Gasteiger partial charge in [0.25, 0.3) is 0 Å². The molecule has 8 heteroatoms. The van der Waals surface area contributed by atoms with E-state index in [0.717, 1.165) is 17.1 Å². The van der Waals surface area contributed by atoms with Crippen LogP contribution in [0.3, 0.4) is 0 Å². The molecule has 7 nitrogen and oxygen atoms in total. The monoisotopic (exact) mass is 449 g/mol. The Balaban J connectivity index is 1.71. The van der Waals surface area contributed by atoms with Crippen molar-refractivity contribution in [2.45, 2.75) is 38.3 Å². The molecule has 2 aromatic carbocycles. The summed E-state index contributed by atoms with van der Waals surface area (Å²) in [5.41, 5.74) is 2.94. The molecule has 3 aromatic rings. The zero-order valence-corrected chi connectivity index (χ0v) is 19.4. The van der Waals surface area contributed by atoms with Gasteiger partial charge in [0.15, 0.2) is 5.16 Å². The van der Waals surface area contributed by atoms with Crippen molar-refractivity contribution in [3.8, 4) is 17.5 Å². The number of anilines is 1. The maximum Gasteiger partial charge on any atom is 0.237 e. The van der Waals surface area contributed by atoms with Crippen LogP contribution in [0.5, 0.6) is 5.75 Å². The summed E-state index contributed by atoms with van der Waals surface area (Å²) in [6.45, 7) is 7.14. The first-order chi connectivity index (χ1) is 15.5. The van der Waals surface area contributed by atoms with Gasteiger partial charge in [-0.05, 0) is 54.8 Å². The van der Waals surface area contributed by atoms with Crippen molar-refractivity contribution in [3.63, 3.8) is 0 Å². The topological polar surface area (TPSA) is 84.0 Å². The number of nitrogens with zero attached hydrogens (tertiary/aromatic N) is 5. The van der Waals surface area contributed by atoms with Crippen LogP contribution in [0.2, 0.25) is 0 Å². The molecular formula is C24H27N5O2S. The highest BCUT2D eigenvalue weighted by molar-refractivity contribution is 7.99. The van der Waals surface area contributed by atoms with Crippen molar-refractivity contribution in [2.24, 2.45) is 0 Å². The van der Waals surface area contributed by atoms with Gasteiger partial charge in [0.2, 0.25) is 5.91 Å². The van der Waals surface area contributed by atoms with E-state index >= 15 is 0 Å². The summed E-state index contributed by atoms with van der Waals surface area (Å²) >= 11 is 1.33. The number of amides is 1.